The predicted molar refractivity (Wildman–Crippen MR) is 71.0 cm³/mol. The van der Waals surface area contributed by atoms with Gasteiger partial charge in [-0.1, -0.05) is 15.9 Å². The molecule has 0 saturated carbocycles. The van der Waals surface area contributed by atoms with Crippen LogP contribution in [0.4, 0.5) is 5.69 Å². The number of hydrogen-bond donors (Lipinski definition) is 1. The van der Waals surface area contributed by atoms with Crippen molar-refractivity contribution in [1.29, 1.82) is 0 Å². The Kier molecular flexibility index (Phi) is 3.12. The summed E-state index contributed by atoms with van der Waals surface area (Å²) in [6.07, 6.45) is 0. The number of carbonyl (C=O) groups excluding carboxylic acids is 1. The van der Waals surface area contributed by atoms with Crippen LogP contribution in [0.15, 0.2) is 34.1 Å². The lowest BCUT2D eigenvalue weighted by atomic mass is 10.1. The van der Waals surface area contributed by atoms with E-state index in [1.54, 1.807) is 18.2 Å². The van der Waals surface area contributed by atoms with Crippen LogP contribution in [-0.4, -0.2) is 5.78 Å². The zero-order chi connectivity index (χ0) is 11.7. The molecule has 0 aliphatic heterocycles. The number of ketones is 1. The molecule has 0 saturated heterocycles. The van der Waals surface area contributed by atoms with Gasteiger partial charge in [-0.2, -0.15) is 0 Å². The molecule has 82 valence electrons. The lowest BCUT2D eigenvalue weighted by molar-refractivity contribution is 0.104. The average Bonchev–Trinajstić information content (AvgIpc) is 2.62. The van der Waals surface area contributed by atoms with E-state index in [1.165, 1.54) is 11.3 Å². The normalized spacial score (nSPS) is 10.4. The quantitative estimate of drug-likeness (QED) is 0.679. The summed E-state index contributed by atoms with van der Waals surface area (Å²) in [6, 6.07) is 7.21. The molecule has 0 aliphatic rings. The van der Waals surface area contributed by atoms with Crippen molar-refractivity contribution < 1.29 is 4.79 Å². The lowest BCUT2D eigenvalue weighted by Crippen LogP contribution is -2.01. The van der Waals surface area contributed by atoms with E-state index in [4.69, 9.17) is 5.73 Å². The minimum absolute atomic E-state index is 0.0282. The number of halogens is 1. The van der Waals surface area contributed by atoms with E-state index in [1.807, 2.05) is 18.4 Å². The molecule has 0 fully saturated rings. The summed E-state index contributed by atoms with van der Waals surface area (Å²) in [6.45, 7) is 1.94. The molecular formula is C12H10BrNOS. The van der Waals surface area contributed by atoms with E-state index in [0.29, 0.717) is 11.3 Å². The zero-order valence-corrected chi connectivity index (χ0v) is 11.1. The molecule has 0 atom stereocenters. The second kappa shape index (κ2) is 4.39. The van der Waals surface area contributed by atoms with Crippen LogP contribution >= 0.6 is 27.3 Å². The van der Waals surface area contributed by atoms with E-state index in [9.17, 15) is 4.79 Å². The van der Waals surface area contributed by atoms with Crippen molar-refractivity contribution >= 4 is 38.7 Å². The molecule has 0 amide bonds. The summed E-state index contributed by atoms with van der Waals surface area (Å²) in [4.78, 5) is 12.9. The van der Waals surface area contributed by atoms with Crippen molar-refractivity contribution in [2.75, 3.05) is 5.73 Å². The smallest absolute Gasteiger partial charge is 0.203 e. The molecule has 2 rings (SSSR count). The average molecular weight is 296 g/mol. The number of nitrogen functional groups attached to an aromatic ring is 1. The Morgan fingerprint density at radius 3 is 2.69 bits per heavy atom. The number of thiophene rings is 1. The number of anilines is 1. The first kappa shape index (κ1) is 11.4. The number of nitrogens with two attached hydrogens (primary N) is 1. The van der Waals surface area contributed by atoms with Crippen LogP contribution in [0.3, 0.4) is 0 Å². The summed E-state index contributed by atoms with van der Waals surface area (Å²) < 4.78 is 0.824. The highest BCUT2D eigenvalue weighted by atomic mass is 79.9. The Morgan fingerprint density at radius 2 is 2.12 bits per heavy atom. The van der Waals surface area contributed by atoms with Crippen molar-refractivity contribution in [2.24, 2.45) is 0 Å². The van der Waals surface area contributed by atoms with Gasteiger partial charge in [-0.25, -0.2) is 0 Å². The van der Waals surface area contributed by atoms with E-state index in [-0.39, 0.29) is 5.78 Å². The Morgan fingerprint density at radius 1 is 1.38 bits per heavy atom. The fraction of sp³-hybridized carbons (Fsp3) is 0.0833. The number of benzene rings is 1. The third-order valence-corrected chi connectivity index (χ3v) is 3.72. The van der Waals surface area contributed by atoms with Gasteiger partial charge in [0.15, 0.2) is 0 Å². The van der Waals surface area contributed by atoms with Crippen molar-refractivity contribution in [3.63, 3.8) is 0 Å². The van der Waals surface area contributed by atoms with Gasteiger partial charge in [-0.3, -0.25) is 4.79 Å². The predicted octanol–water partition coefficient (Wildman–Crippen LogP) is 3.63. The molecule has 2 aromatic rings. The Balaban J connectivity index is 2.45. The van der Waals surface area contributed by atoms with Gasteiger partial charge in [-0.15, -0.1) is 11.3 Å². The molecule has 1 aromatic carbocycles. The van der Waals surface area contributed by atoms with E-state index < -0.39 is 0 Å². The molecule has 0 radical (unpaired) electrons. The van der Waals surface area contributed by atoms with Gasteiger partial charge in [0.1, 0.15) is 0 Å². The van der Waals surface area contributed by atoms with Crippen LogP contribution in [0.2, 0.25) is 0 Å². The van der Waals surface area contributed by atoms with Crippen molar-refractivity contribution in [3.05, 3.63) is 50.1 Å². The van der Waals surface area contributed by atoms with Crippen LogP contribution in [0.25, 0.3) is 0 Å². The third-order valence-electron chi connectivity index (χ3n) is 2.25. The summed E-state index contributed by atoms with van der Waals surface area (Å²) in [7, 11) is 0. The Hall–Kier alpha value is -1.13. The van der Waals surface area contributed by atoms with Crippen LogP contribution < -0.4 is 5.73 Å². The number of hydrogen-bond acceptors (Lipinski definition) is 3. The highest BCUT2D eigenvalue weighted by Crippen LogP contribution is 2.23. The van der Waals surface area contributed by atoms with Crippen LogP contribution in [0.5, 0.6) is 0 Å². The number of rotatable bonds is 2. The summed E-state index contributed by atoms with van der Waals surface area (Å²) in [5.74, 6) is 0.0282. The molecule has 0 bridgehead atoms. The van der Waals surface area contributed by atoms with Crippen LogP contribution in [0.1, 0.15) is 20.8 Å². The first-order valence-corrected chi connectivity index (χ1v) is 6.40. The van der Waals surface area contributed by atoms with Gasteiger partial charge in [0.2, 0.25) is 5.78 Å². The second-order valence-electron chi connectivity index (χ2n) is 3.54. The van der Waals surface area contributed by atoms with E-state index >= 15 is 0 Å². The molecule has 1 aromatic heterocycles. The Labute approximate surface area is 106 Å². The topological polar surface area (TPSA) is 43.1 Å². The van der Waals surface area contributed by atoms with Gasteiger partial charge >= 0.3 is 0 Å². The van der Waals surface area contributed by atoms with Crippen LogP contribution in [-0.2, 0) is 0 Å². The number of aryl methyl sites for hydroxylation is 1. The number of carbonyl (C=O) groups is 1. The first-order chi connectivity index (χ1) is 7.58. The van der Waals surface area contributed by atoms with E-state index in [0.717, 1.165) is 14.9 Å². The molecular weight excluding hydrogens is 286 g/mol. The Bertz CT molecular complexity index is 527. The fourth-order valence-electron chi connectivity index (χ4n) is 1.48. The van der Waals surface area contributed by atoms with Gasteiger partial charge in [0, 0.05) is 15.7 Å². The highest BCUT2D eigenvalue weighted by molar-refractivity contribution is 9.10. The molecule has 0 aliphatic carbocycles. The molecule has 2 N–H and O–H groups in total. The summed E-state index contributed by atoms with van der Waals surface area (Å²) >= 11 is 4.79. The monoisotopic (exact) mass is 295 g/mol. The molecule has 2 nitrogen and oxygen atoms in total. The maximum atomic E-state index is 12.2. The maximum absolute atomic E-state index is 12.2. The standard InChI is InChI=1S/C12H10BrNOS/c1-7-2-3-16-12(7)11(15)8-4-9(13)6-10(14)5-8/h2-6H,14H2,1H3. The molecule has 16 heavy (non-hydrogen) atoms. The SMILES string of the molecule is Cc1ccsc1C(=O)c1cc(N)cc(Br)c1. The lowest BCUT2D eigenvalue weighted by Gasteiger charge is -2.02. The van der Waals surface area contributed by atoms with Gasteiger partial charge < -0.3 is 5.73 Å². The maximum Gasteiger partial charge on any atom is 0.203 e. The zero-order valence-electron chi connectivity index (χ0n) is 8.66. The van der Waals surface area contributed by atoms with Crippen molar-refractivity contribution in [1.82, 2.24) is 0 Å². The third kappa shape index (κ3) is 2.18. The van der Waals surface area contributed by atoms with Crippen molar-refractivity contribution in [3.8, 4) is 0 Å². The van der Waals surface area contributed by atoms with Gasteiger partial charge in [0.25, 0.3) is 0 Å². The molecule has 1 heterocycles. The fourth-order valence-corrected chi connectivity index (χ4v) is 2.88. The van der Waals surface area contributed by atoms with Crippen molar-refractivity contribution in [2.45, 2.75) is 6.92 Å². The minimum atomic E-state index is 0.0282. The molecule has 0 spiro atoms. The van der Waals surface area contributed by atoms with Gasteiger partial charge in [0.05, 0.1) is 4.88 Å². The molecule has 0 unspecified atom stereocenters. The van der Waals surface area contributed by atoms with Crippen LogP contribution in [0, 0.1) is 6.92 Å². The largest absolute Gasteiger partial charge is 0.399 e. The second-order valence-corrected chi connectivity index (χ2v) is 5.37. The highest BCUT2D eigenvalue weighted by Gasteiger charge is 2.13. The summed E-state index contributed by atoms with van der Waals surface area (Å²) in [5, 5.41) is 1.92. The molecule has 4 heteroatoms. The van der Waals surface area contributed by atoms with E-state index in [2.05, 4.69) is 15.9 Å². The minimum Gasteiger partial charge on any atom is -0.399 e. The summed E-state index contributed by atoms with van der Waals surface area (Å²) in [5.41, 5.74) is 7.93. The first-order valence-electron chi connectivity index (χ1n) is 4.73. The van der Waals surface area contributed by atoms with Gasteiger partial charge in [-0.05, 0) is 42.1 Å².